The smallest absolute Gasteiger partial charge is 0.416 e. The molecule has 1 aromatic rings. The van der Waals surface area contributed by atoms with Crippen molar-refractivity contribution < 1.29 is 27.8 Å². The number of alkyl halides is 3. The zero-order valence-electron chi connectivity index (χ0n) is 10.7. The summed E-state index contributed by atoms with van der Waals surface area (Å²) in [5.74, 6) is -1.59. The lowest BCUT2D eigenvalue weighted by Gasteiger charge is -2.20. The zero-order valence-corrected chi connectivity index (χ0v) is 10.7. The number of rotatable bonds is 3. The highest BCUT2D eigenvalue weighted by molar-refractivity contribution is 5.71. The fourth-order valence-corrected chi connectivity index (χ4v) is 2.47. The van der Waals surface area contributed by atoms with Crippen LogP contribution in [0.15, 0.2) is 18.2 Å². The number of carbonyl (C=O) groups is 1. The normalized spacial score (nSPS) is 22.8. The van der Waals surface area contributed by atoms with Gasteiger partial charge in [0.05, 0.1) is 18.6 Å². The lowest BCUT2D eigenvalue weighted by atomic mass is 9.94. The summed E-state index contributed by atoms with van der Waals surface area (Å²) in [5.41, 5.74) is -0.813. The summed E-state index contributed by atoms with van der Waals surface area (Å²) in [4.78, 5) is 10.9. The molecule has 4 nitrogen and oxygen atoms in total. The van der Waals surface area contributed by atoms with Gasteiger partial charge in [0.25, 0.3) is 0 Å². The van der Waals surface area contributed by atoms with E-state index in [-0.39, 0.29) is 24.3 Å². The molecule has 2 rings (SSSR count). The fraction of sp³-hybridized carbons (Fsp3) is 0.462. The lowest BCUT2D eigenvalue weighted by Crippen LogP contribution is -2.20. The van der Waals surface area contributed by atoms with Gasteiger partial charge in [-0.05, 0) is 18.6 Å². The molecule has 1 aliphatic rings. The second-order valence-electron chi connectivity index (χ2n) is 4.65. The van der Waals surface area contributed by atoms with Crippen LogP contribution in [0.3, 0.4) is 0 Å². The number of benzene rings is 1. The number of carboxylic acid groups (broad SMARTS) is 1. The number of halogens is 3. The molecule has 0 bridgehead atoms. The molecule has 2 N–H and O–H groups in total. The molecule has 2 atom stereocenters. The molecule has 1 fully saturated rings. The van der Waals surface area contributed by atoms with Gasteiger partial charge in [0.2, 0.25) is 0 Å². The van der Waals surface area contributed by atoms with Crippen molar-refractivity contribution in [1.82, 2.24) is 5.32 Å². The highest BCUT2D eigenvalue weighted by atomic mass is 19.4. The largest absolute Gasteiger partial charge is 0.496 e. The molecule has 0 saturated carbocycles. The van der Waals surface area contributed by atoms with Crippen molar-refractivity contribution in [3.05, 3.63) is 29.3 Å². The Kier molecular flexibility index (Phi) is 3.89. The van der Waals surface area contributed by atoms with Crippen molar-refractivity contribution >= 4 is 5.97 Å². The SMILES string of the molecule is COc1cccc(C(F)(F)F)c1C1CC(C(=O)O)CN1. The fourth-order valence-electron chi connectivity index (χ4n) is 2.47. The van der Waals surface area contributed by atoms with Gasteiger partial charge in [-0.25, -0.2) is 0 Å². The standard InChI is InChI=1S/C13H14F3NO3/c1-20-10-4-2-3-8(13(14,15)16)11(10)9-5-7(6-17-9)12(18)19/h2-4,7,9,17H,5-6H2,1H3,(H,18,19). The van der Waals surface area contributed by atoms with E-state index >= 15 is 0 Å². The molecular formula is C13H14F3NO3. The molecule has 1 aromatic carbocycles. The van der Waals surface area contributed by atoms with Crippen LogP contribution in [-0.2, 0) is 11.0 Å². The Morgan fingerprint density at radius 3 is 2.65 bits per heavy atom. The van der Waals surface area contributed by atoms with Crippen LogP contribution >= 0.6 is 0 Å². The first-order chi connectivity index (χ1) is 9.34. The van der Waals surface area contributed by atoms with Crippen LogP contribution in [0.1, 0.15) is 23.6 Å². The minimum Gasteiger partial charge on any atom is -0.496 e. The van der Waals surface area contributed by atoms with E-state index in [4.69, 9.17) is 9.84 Å². The van der Waals surface area contributed by atoms with Crippen molar-refractivity contribution in [2.24, 2.45) is 5.92 Å². The summed E-state index contributed by atoms with van der Waals surface area (Å²) < 4.78 is 44.2. The third kappa shape index (κ3) is 2.72. The first-order valence-corrected chi connectivity index (χ1v) is 6.05. The Labute approximate surface area is 113 Å². The Hall–Kier alpha value is -1.76. The molecule has 20 heavy (non-hydrogen) atoms. The summed E-state index contributed by atoms with van der Waals surface area (Å²) in [6.45, 7) is 0.148. The Bertz CT molecular complexity index is 516. The molecule has 1 heterocycles. The van der Waals surface area contributed by atoms with E-state index in [1.54, 1.807) is 0 Å². The first kappa shape index (κ1) is 14.6. The maximum atomic E-state index is 13.1. The molecule has 7 heteroatoms. The van der Waals surface area contributed by atoms with E-state index in [1.165, 1.54) is 19.2 Å². The van der Waals surface area contributed by atoms with Gasteiger partial charge in [-0.1, -0.05) is 6.07 Å². The molecular weight excluding hydrogens is 275 g/mol. The third-order valence-corrected chi connectivity index (χ3v) is 3.42. The number of ether oxygens (including phenoxy) is 1. The molecule has 0 radical (unpaired) electrons. The molecule has 0 aliphatic carbocycles. The van der Waals surface area contributed by atoms with Gasteiger partial charge in [0.15, 0.2) is 0 Å². The third-order valence-electron chi connectivity index (χ3n) is 3.42. The number of nitrogens with one attached hydrogen (secondary N) is 1. The Morgan fingerprint density at radius 2 is 2.15 bits per heavy atom. The minimum absolute atomic E-state index is 0.0220. The van der Waals surface area contributed by atoms with Gasteiger partial charge >= 0.3 is 12.1 Å². The van der Waals surface area contributed by atoms with Crippen molar-refractivity contribution in [3.63, 3.8) is 0 Å². The summed E-state index contributed by atoms with van der Waals surface area (Å²) >= 11 is 0. The highest BCUT2D eigenvalue weighted by Crippen LogP contribution is 2.42. The predicted molar refractivity (Wildman–Crippen MR) is 64.5 cm³/mol. The van der Waals surface area contributed by atoms with Crippen LogP contribution in [-0.4, -0.2) is 24.7 Å². The predicted octanol–water partition coefficient (Wildman–Crippen LogP) is 2.45. The minimum atomic E-state index is -4.51. The van der Waals surface area contributed by atoms with Crippen molar-refractivity contribution in [1.29, 1.82) is 0 Å². The quantitative estimate of drug-likeness (QED) is 0.897. The van der Waals surface area contributed by atoms with E-state index in [1.807, 2.05) is 0 Å². The summed E-state index contributed by atoms with van der Waals surface area (Å²) in [6, 6.07) is 3.02. The second kappa shape index (κ2) is 5.32. The molecule has 0 spiro atoms. The van der Waals surface area contributed by atoms with Gasteiger partial charge in [-0.2, -0.15) is 13.2 Å². The molecule has 110 valence electrons. The van der Waals surface area contributed by atoms with Gasteiger partial charge in [-0.3, -0.25) is 4.79 Å². The molecule has 1 aliphatic heterocycles. The summed E-state index contributed by atoms with van der Waals surface area (Å²) in [5, 5.41) is 11.8. The van der Waals surface area contributed by atoms with Crippen LogP contribution in [0.5, 0.6) is 5.75 Å². The van der Waals surface area contributed by atoms with E-state index in [0.717, 1.165) is 6.07 Å². The molecule has 0 aromatic heterocycles. The van der Waals surface area contributed by atoms with Crippen LogP contribution in [0, 0.1) is 5.92 Å². The van der Waals surface area contributed by atoms with E-state index in [0.29, 0.717) is 0 Å². The average Bonchev–Trinajstić information content (AvgIpc) is 2.86. The Morgan fingerprint density at radius 1 is 1.45 bits per heavy atom. The summed E-state index contributed by atoms with van der Waals surface area (Å²) in [6.07, 6.45) is -4.40. The number of aliphatic carboxylic acids is 1. The number of hydrogen-bond acceptors (Lipinski definition) is 3. The number of carboxylic acids is 1. The topological polar surface area (TPSA) is 58.6 Å². The Balaban J connectivity index is 2.42. The van der Waals surface area contributed by atoms with Crippen LogP contribution in [0.25, 0.3) is 0 Å². The van der Waals surface area contributed by atoms with Crippen molar-refractivity contribution in [2.75, 3.05) is 13.7 Å². The van der Waals surface area contributed by atoms with E-state index in [9.17, 15) is 18.0 Å². The van der Waals surface area contributed by atoms with Crippen molar-refractivity contribution in [2.45, 2.75) is 18.6 Å². The van der Waals surface area contributed by atoms with Gasteiger partial charge < -0.3 is 15.2 Å². The van der Waals surface area contributed by atoms with Gasteiger partial charge in [-0.15, -0.1) is 0 Å². The molecule has 2 unspecified atom stereocenters. The van der Waals surface area contributed by atoms with E-state index < -0.39 is 29.7 Å². The van der Waals surface area contributed by atoms with Crippen LogP contribution in [0.2, 0.25) is 0 Å². The van der Waals surface area contributed by atoms with E-state index in [2.05, 4.69) is 5.32 Å². The van der Waals surface area contributed by atoms with Gasteiger partial charge in [0.1, 0.15) is 5.75 Å². The van der Waals surface area contributed by atoms with Crippen LogP contribution in [0.4, 0.5) is 13.2 Å². The molecule has 0 amide bonds. The average molecular weight is 289 g/mol. The molecule has 1 saturated heterocycles. The first-order valence-electron chi connectivity index (χ1n) is 6.05. The number of hydrogen-bond donors (Lipinski definition) is 2. The van der Waals surface area contributed by atoms with Crippen molar-refractivity contribution in [3.8, 4) is 5.75 Å². The second-order valence-corrected chi connectivity index (χ2v) is 4.65. The number of methoxy groups -OCH3 is 1. The monoisotopic (exact) mass is 289 g/mol. The van der Waals surface area contributed by atoms with Gasteiger partial charge in [0, 0.05) is 18.2 Å². The highest BCUT2D eigenvalue weighted by Gasteiger charge is 2.40. The van der Waals surface area contributed by atoms with Crippen LogP contribution < -0.4 is 10.1 Å². The summed E-state index contributed by atoms with van der Waals surface area (Å²) in [7, 11) is 1.29. The maximum Gasteiger partial charge on any atom is 0.416 e. The lowest BCUT2D eigenvalue weighted by molar-refractivity contribution is -0.141. The zero-order chi connectivity index (χ0) is 14.9. The maximum absolute atomic E-state index is 13.1.